The van der Waals surface area contributed by atoms with Crippen LogP contribution in [0.4, 0.5) is 5.69 Å². The number of nitro groups is 1. The fourth-order valence-corrected chi connectivity index (χ4v) is 3.76. The van der Waals surface area contributed by atoms with Crippen LogP contribution in [0.2, 0.25) is 0 Å². The van der Waals surface area contributed by atoms with Gasteiger partial charge in [-0.2, -0.15) is 0 Å². The molecule has 0 aliphatic rings. The zero-order valence-electron chi connectivity index (χ0n) is 11.1. The van der Waals surface area contributed by atoms with E-state index in [9.17, 15) is 23.3 Å². The third-order valence-electron chi connectivity index (χ3n) is 2.50. The molecule has 0 fully saturated rings. The summed E-state index contributed by atoms with van der Waals surface area (Å²) in [7, 11) is -3.52. The maximum atomic E-state index is 11.9. The highest BCUT2D eigenvalue weighted by molar-refractivity contribution is 7.90. The average molecular weight is 301 g/mol. The number of carbonyl (C=O) groups is 1. The second-order valence-electron chi connectivity index (χ2n) is 4.82. The number of hydrogen-bond acceptors (Lipinski definition) is 5. The lowest BCUT2D eigenvalue weighted by molar-refractivity contribution is -0.385. The monoisotopic (exact) mass is 301 g/mol. The van der Waals surface area contributed by atoms with Crippen LogP contribution in [0.3, 0.4) is 0 Å². The first-order valence-electron chi connectivity index (χ1n) is 5.84. The van der Waals surface area contributed by atoms with Crippen molar-refractivity contribution in [3.8, 4) is 0 Å². The number of aromatic carboxylic acids is 1. The van der Waals surface area contributed by atoms with E-state index >= 15 is 0 Å². The smallest absolute Gasteiger partial charge is 0.343 e. The number of carboxylic acids is 1. The number of nitrogens with zero attached hydrogens (tertiary/aromatic N) is 1. The third kappa shape index (κ3) is 4.02. The van der Waals surface area contributed by atoms with Crippen molar-refractivity contribution in [1.82, 2.24) is 0 Å². The minimum Gasteiger partial charge on any atom is -0.477 e. The Morgan fingerprint density at radius 2 is 2.00 bits per heavy atom. The van der Waals surface area contributed by atoms with E-state index in [1.165, 1.54) is 12.1 Å². The van der Waals surface area contributed by atoms with Crippen LogP contribution in [-0.4, -0.2) is 30.2 Å². The van der Waals surface area contributed by atoms with E-state index in [2.05, 4.69) is 0 Å². The Hall–Kier alpha value is -1.96. The van der Waals surface area contributed by atoms with Crippen molar-refractivity contribution in [3.05, 3.63) is 39.4 Å². The van der Waals surface area contributed by atoms with E-state index in [0.29, 0.717) is 0 Å². The number of carboxylic acid groups (broad SMARTS) is 1. The molecule has 1 aromatic rings. The zero-order valence-corrected chi connectivity index (χ0v) is 11.9. The number of hydrogen-bond donors (Lipinski definition) is 1. The summed E-state index contributed by atoms with van der Waals surface area (Å²) in [4.78, 5) is 21.1. The quantitative estimate of drug-likeness (QED) is 0.633. The molecule has 8 heteroatoms. The van der Waals surface area contributed by atoms with Gasteiger partial charge in [0, 0.05) is 6.07 Å². The number of nitro benzene ring substituents is 1. The molecule has 0 aliphatic carbocycles. The van der Waals surface area contributed by atoms with Crippen LogP contribution >= 0.6 is 0 Å². The summed E-state index contributed by atoms with van der Waals surface area (Å²) >= 11 is 0. The van der Waals surface area contributed by atoms with Gasteiger partial charge < -0.3 is 5.11 Å². The second-order valence-corrected chi connectivity index (χ2v) is 6.93. The van der Waals surface area contributed by atoms with Crippen molar-refractivity contribution >= 4 is 21.5 Å². The summed E-state index contributed by atoms with van der Waals surface area (Å²) in [5.74, 6) is -2.23. The summed E-state index contributed by atoms with van der Waals surface area (Å²) in [5.41, 5.74) is -1.23. The lowest BCUT2D eigenvalue weighted by Gasteiger charge is -2.09. The highest BCUT2D eigenvalue weighted by atomic mass is 32.2. The predicted octanol–water partition coefficient (Wildman–Crippen LogP) is 1.86. The Morgan fingerprint density at radius 1 is 1.40 bits per heavy atom. The van der Waals surface area contributed by atoms with Gasteiger partial charge in [-0.1, -0.05) is 26.0 Å². The first kappa shape index (κ1) is 16.1. The highest BCUT2D eigenvalue weighted by Crippen LogP contribution is 2.24. The van der Waals surface area contributed by atoms with Crippen LogP contribution in [0.1, 0.15) is 29.8 Å². The summed E-state index contributed by atoms with van der Waals surface area (Å²) in [5, 5.41) is 19.9. The normalized spacial score (nSPS) is 11.6. The summed E-state index contributed by atoms with van der Waals surface area (Å²) in [6, 6.07) is 3.61. The van der Waals surface area contributed by atoms with Crippen LogP contribution in [0.5, 0.6) is 0 Å². The van der Waals surface area contributed by atoms with Crippen LogP contribution in [0.25, 0.3) is 0 Å². The predicted molar refractivity (Wildman–Crippen MR) is 72.4 cm³/mol. The average Bonchev–Trinajstić information content (AvgIpc) is 2.25. The Balaban J connectivity index is 3.29. The molecule has 0 radical (unpaired) electrons. The topological polar surface area (TPSA) is 115 Å². The van der Waals surface area contributed by atoms with Gasteiger partial charge in [-0.05, 0) is 11.5 Å². The van der Waals surface area contributed by atoms with Gasteiger partial charge in [-0.25, -0.2) is 13.2 Å². The Labute approximate surface area is 116 Å². The molecule has 0 atom stereocenters. The van der Waals surface area contributed by atoms with Crippen LogP contribution < -0.4 is 0 Å². The zero-order chi connectivity index (χ0) is 15.5. The molecule has 0 heterocycles. The fourth-order valence-electron chi connectivity index (χ4n) is 1.91. The fraction of sp³-hybridized carbons (Fsp3) is 0.417. The molecular weight excluding hydrogens is 286 g/mol. The lowest BCUT2D eigenvalue weighted by Crippen LogP contribution is -2.16. The van der Waals surface area contributed by atoms with Gasteiger partial charge in [0.05, 0.1) is 16.4 Å². The van der Waals surface area contributed by atoms with Crippen LogP contribution in [0, 0.1) is 16.0 Å². The molecule has 0 saturated heterocycles. The lowest BCUT2D eigenvalue weighted by atomic mass is 10.1. The van der Waals surface area contributed by atoms with E-state index in [1.54, 1.807) is 13.8 Å². The molecule has 1 rings (SSSR count). The highest BCUT2D eigenvalue weighted by Gasteiger charge is 2.26. The molecule has 20 heavy (non-hydrogen) atoms. The summed E-state index contributed by atoms with van der Waals surface area (Å²) < 4.78 is 23.8. The largest absolute Gasteiger partial charge is 0.477 e. The molecular formula is C12H15NO6S. The van der Waals surface area contributed by atoms with Crippen molar-refractivity contribution in [1.29, 1.82) is 0 Å². The minimum absolute atomic E-state index is 0.0626. The molecule has 0 aliphatic heterocycles. The van der Waals surface area contributed by atoms with Gasteiger partial charge >= 0.3 is 5.97 Å². The molecule has 0 spiro atoms. The summed E-state index contributed by atoms with van der Waals surface area (Å²) in [6.07, 6.45) is 0. The van der Waals surface area contributed by atoms with E-state index in [1.807, 2.05) is 0 Å². The maximum Gasteiger partial charge on any atom is 0.343 e. The third-order valence-corrected chi connectivity index (χ3v) is 4.43. The van der Waals surface area contributed by atoms with Crippen molar-refractivity contribution < 1.29 is 23.2 Å². The van der Waals surface area contributed by atoms with E-state index < -0.39 is 37.7 Å². The van der Waals surface area contributed by atoms with Gasteiger partial charge in [0.2, 0.25) is 0 Å². The molecule has 110 valence electrons. The van der Waals surface area contributed by atoms with Crippen LogP contribution in [0.15, 0.2) is 18.2 Å². The van der Waals surface area contributed by atoms with Crippen molar-refractivity contribution in [2.75, 3.05) is 5.75 Å². The molecule has 7 nitrogen and oxygen atoms in total. The molecule has 0 bridgehead atoms. The SMILES string of the molecule is CC(C)CS(=O)(=O)Cc1cccc([N+](=O)[O-])c1C(=O)O. The van der Waals surface area contributed by atoms with Crippen molar-refractivity contribution in [3.63, 3.8) is 0 Å². The van der Waals surface area contributed by atoms with E-state index in [-0.39, 0.29) is 17.2 Å². The van der Waals surface area contributed by atoms with Gasteiger partial charge in [0.1, 0.15) is 5.56 Å². The number of sulfone groups is 1. The standard InChI is InChI=1S/C12H15NO6S/c1-8(2)6-20(18,19)7-9-4-3-5-10(13(16)17)11(9)12(14)15/h3-5,8H,6-7H2,1-2H3,(H,14,15). The number of benzene rings is 1. The summed E-state index contributed by atoms with van der Waals surface area (Å²) in [6.45, 7) is 3.45. The van der Waals surface area contributed by atoms with Crippen molar-refractivity contribution in [2.45, 2.75) is 19.6 Å². The Morgan fingerprint density at radius 3 is 2.45 bits per heavy atom. The van der Waals surface area contributed by atoms with Gasteiger partial charge in [0.25, 0.3) is 5.69 Å². The van der Waals surface area contributed by atoms with Gasteiger partial charge in [-0.3, -0.25) is 10.1 Å². The maximum absolute atomic E-state index is 11.9. The van der Waals surface area contributed by atoms with E-state index in [0.717, 1.165) is 6.07 Å². The second kappa shape index (κ2) is 6.00. The van der Waals surface area contributed by atoms with Gasteiger partial charge in [0.15, 0.2) is 9.84 Å². The first-order valence-corrected chi connectivity index (χ1v) is 7.66. The van der Waals surface area contributed by atoms with Gasteiger partial charge in [-0.15, -0.1) is 0 Å². The molecule has 1 aromatic carbocycles. The molecule has 0 amide bonds. The van der Waals surface area contributed by atoms with E-state index in [4.69, 9.17) is 5.11 Å². The Bertz CT molecular complexity index is 635. The molecule has 1 N–H and O–H groups in total. The number of rotatable bonds is 6. The molecule has 0 saturated carbocycles. The van der Waals surface area contributed by atoms with Crippen LogP contribution in [-0.2, 0) is 15.6 Å². The Kier molecular flexibility index (Phi) is 4.83. The van der Waals surface area contributed by atoms with Crippen molar-refractivity contribution in [2.24, 2.45) is 5.92 Å². The minimum atomic E-state index is -3.52. The molecule has 0 unspecified atom stereocenters. The first-order chi connectivity index (χ1) is 9.14. The molecule has 0 aromatic heterocycles.